The van der Waals surface area contributed by atoms with Gasteiger partial charge >= 0.3 is 6.18 Å². The van der Waals surface area contributed by atoms with Crippen LogP contribution in [0.4, 0.5) is 13.2 Å². The van der Waals surface area contributed by atoms with E-state index in [0.29, 0.717) is 29.7 Å². The first kappa shape index (κ1) is 23.5. The van der Waals surface area contributed by atoms with Gasteiger partial charge in [0.15, 0.2) is 0 Å². The molecule has 6 rings (SSSR count). The van der Waals surface area contributed by atoms with Gasteiger partial charge in [-0.1, -0.05) is 58.8 Å². The van der Waals surface area contributed by atoms with Gasteiger partial charge in [-0.2, -0.15) is 13.2 Å². The van der Waals surface area contributed by atoms with E-state index in [1.165, 1.54) is 0 Å². The van der Waals surface area contributed by atoms with Crippen molar-refractivity contribution < 1.29 is 27.0 Å². The molecule has 1 aliphatic heterocycles. The number of likely N-dealkylation sites (tertiary alicyclic amines) is 1. The van der Waals surface area contributed by atoms with Gasteiger partial charge in [0, 0.05) is 43.4 Å². The fraction of sp³-hybridized carbons (Fsp3) is 0.296. The average Bonchev–Trinajstić information content (AvgIpc) is 3.50. The van der Waals surface area contributed by atoms with Crippen LogP contribution < -0.4 is 5.32 Å². The number of benzene rings is 2. The normalized spacial score (nSPS) is 15.7. The van der Waals surface area contributed by atoms with Crippen LogP contribution in [0.5, 0.6) is 0 Å². The van der Waals surface area contributed by atoms with Gasteiger partial charge in [0.1, 0.15) is 17.0 Å². The number of halogens is 3. The Balaban J connectivity index is 1.30. The molecule has 2 aromatic carbocycles. The number of carbonyl (C=O) groups is 1. The molecule has 0 radical (unpaired) electrons. The number of nitrogens with one attached hydrogen (secondary N) is 1. The summed E-state index contributed by atoms with van der Waals surface area (Å²) in [6.45, 7) is 2.17. The number of fused-ring (bicyclic) bond motifs is 3. The summed E-state index contributed by atoms with van der Waals surface area (Å²) >= 11 is 0. The fourth-order valence-electron chi connectivity index (χ4n) is 5.20. The molecule has 3 heterocycles. The van der Waals surface area contributed by atoms with Gasteiger partial charge in [0.05, 0.1) is 5.92 Å². The number of rotatable bonds is 5. The highest BCUT2D eigenvalue weighted by Gasteiger charge is 2.43. The first-order valence-corrected chi connectivity index (χ1v) is 12.0. The lowest BCUT2D eigenvalue weighted by atomic mass is 9.87. The van der Waals surface area contributed by atoms with E-state index in [1.54, 1.807) is 37.4 Å². The molecule has 0 atom stereocenters. The fourth-order valence-corrected chi connectivity index (χ4v) is 5.20. The maximum atomic E-state index is 14.2. The first-order valence-electron chi connectivity index (χ1n) is 12.0. The topological polar surface area (TPSA) is 84.4 Å². The molecule has 0 unspecified atom stereocenters. The molecule has 1 fully saturated rings. The molecule has 0 spiro atoms. The second kappa shape index (κ2) is 8.88. The Kier molecular flexibility index (Phi) is 5.63. The predicted molar refractivity (Wildman–Crippen MR) is 128 cm³/mol. The van der Waals surface area contributed by atoms with Crippen molar-refractivity contribution in [1.82, 2.24) is 20.5 Å². The van der Waals surface area contributed by atoms with Crippen LogP contribution in [0.2, 0.25) is 0 Å². The Labute approximate surface area is 210 Å². The van der Waals surface area contributed by atoms with Crippen molar-refractivity contribution in [2.24, 2.45) is 5.92 Å². The number of carbonyl (C=O) groups excluding carboxylic acids is 1. The van der Waals surface area contributed by atoms with Gasteiger partial charge in [0.25, 0.3) is 0 Å². The highest BCUT2D eigenvalue weighted by atomic mass is 19.4. The molecule has 4 aromatic rings. The van der Waals surface area contributed by atoms with E-state index >= 15 is 0 Å². The molecule has 2 aromatic heterocycles. The lowest BCUT2D eigenvalue weighted by Gasteiger charge is -2.38. The van der Waals surface area contributed by atoms with Crippen LogP contribution in [0.1, 0.15) is 22.3 Å². The molecule has 190 valence electrons. The van der Waals surface area contributed by atoms with E-state index in [0.717, 1.165) is 36.3 Å². The predicted octanol–water partition coefficient (Wildman–Crippen LogP) is 4.96. The number of alkyl halides is 3. The summed E-state index contributed by atoms with van der Waals surface area (Å²) in [6, 6.07) is 14.1. The van der Waals surface area contributed by atoms with Crippen molar-refractivity contribution in [3.05, 3.63) is 70.8 Å². The number of hydrogen-bond donors (Lipinski definition) is 1. The molecule has 37 heavy (non-hydrogen) atoms. The maximum absolute atomic E-state index is 14.2. The summed E-state index contributed by atoms with van der Waals surface area (Å²) in [5, 5.41) is 10.6. The summed E-state index contributed by atoms with van der Waals surface area (Å²) < 4.78 is 53.3. The van der Waals surface area contributed by atoms with E-state index < -0.39 is 17.5 Å². The van der Waals surface area contributed by atoms with Crippen LogP contribution in [0.15, 0.2) is 57.6 Å². The zero-order valence-corrected chi connectivity index (χ0v) is 19.9. The largest absolute Gasteiger partial charge is 0.422 e. The number of aryl methyl sites for hydroxylation is 1. The minimum absolute atomic E-state index is 0.0267. The Bertz CT molecular complexity index is 1470. The Morgan fingerprint density at radius 1 is 1.03 bits per heavy atom. The van der Waals surface area contributed by atoms with Crippen LogP contribution in [0.25, 0.3) is 34.0 Å². The number of aromatic nitrogens is 2. The summed E-state index contributed by atoms with van der Waals surface area (Å²) in [6.07, 6.45) is -3.60. The molecular formula is C27H23F3N4O3. The molecule has 1 amide bonds. The van der Waals surface area contributed by atoms with Crippen molar-refractivity contribution in [1.29, 1.82) is 0 Å². The third-order valence-electron chi connectivity index (χ3n) is 7.07. The minimum Gasteiger partial charge on any atom is -0.359 e. The SMILES string of the molecule is CNC(=O)C1CN(Cc2ccc3c(c2)CCc2c-3noc2-c2onc(-c3ccccc3)c2C(F)(F)F)C1. The first-order chi connectivity index (χ1) is 17.8. The highest BCUT2D eigenvalue weighted by Crippen LogP contribution is 2.46. The lowest BCUT2D eigenvalue weighted by Crippen LogP contribution is -2.52. The van der Waals surface area contributed by atoms with Crippen LogP contribution in [-0.2, 0) is 30.4 Å². The summed E-state index contributed by atoms with van der Waals surface area (Å²) in [7, 11) is 1.65. The maximum Gasteiger partial charge on any atom is 0.422 e. The van der Waals surface area contributed by atoms with E-state index in [4.69, 9.17) is 9.05 Å². The summed E-state index contributed by atoms with van der Waals surface area (Å²) in [4.78, 5) is 13.9. The second-order valence-corrected chi connectivity index (χ2v) is 9.43. The van der Waals surface area contributed by atoms with Crippen molar-refractivity contribution in [3.63, 3.8) is 0 Å². The third kappa shape index (κ3) is 4.11. The van der Waals surface area contributed by atoms with E-state index in [-0.39, 0.29) is 23.3 Å². The van der Waals surface area contributed by atoms with Crippen molar-refractivity contribution in [2.45, 2.75) is 25.6 Å². The number of amides is 1. The molecule has 7 nitrogen and oxygen atoms in total. The number of hydrogen-bond acceptors (Lipinski definition) is 6. The van der Waals surface area contributed by atoms with Gasteiger partial charge in [-0.15, -0.1) is 0 Å². The van der Waals surface area contributed by atoms with Gasteiger partial charge < -0.3 is 14.4 Å². The third-order valence-corrected chi connectivity index (χ3v) is 7.07. The minimum atomic E-state index is -4.70. The van der Waals surface area contributed by atoms with Crippen LogP contribution in [0, 0.1) is 5.92 Å². The Morgan fingerprint density at radius 2 is 1.76 bits per heavy atom. The van der Waals surface area contributed by atoms with Crippen molar-refractivity contribution >= 4 is 5.91 Å². The van der Waals surface area contributed by atoms with Crippen LogP contribution >= 0.6 is 0 Å². The van der Waals surface area contributed by atoms with Crippen LogP contribution in [0.3, 0.4) is 0 Å². The smallest absolute Gasteiger partial charge is 0.359 e. The molecule has 0 saturated carbocycles. The standard InChI is InChI=1S/C27H23F3N4O3/c1-31-26(35)18-13-34(14-18)12-15-7-9-19-17(11-15)8-10-20-23(19)33-36-24(20)25-21(27(28,29)30)22(32-37-25)16-5-3-2-4-6-16/h2-7,9,11,18H,8,10,12-14H2,1H3,(H,31,35). The lowest BCUT2D eigenvalue weighted by molar-refractivity contribution is -0.137. The monoisotopic (exact) mass is 508 g/mol. The number of nitrogens with zero attached hydrogens (tertiary/aromatic N) is 3. The van der Waals surface area contributed by atoms with Crippen molar-refractivity contribution in [3.8, 4) is 34.0 Å². The Hall–Kier alpha value is -3.92. The molecule has 2 aliphatic rings. The highest BCUT2D eigenvalue weighted by molar-refractivity contribution is 5.80. The van der Waals surface area contributed by atoms with Gasteiger partial charge in [0.2, 0.25) is 17.4 Å². The van der Waals surface area contributed by atoms with Gasteiger partial charge in [-0.3, -0.25) is 9.69 Å². The van der Waals surface area contributed by atoms with Gasteiger partial charge in [-0.05, 0) is 24.0 Å². The average molecular weight is 509 g/mol. The van der Waals surface area contributed by atoms with E-state index in [9.17, 15) is 18.0 Å². The zero-order chi connectivity index (χ0) is 25.7. The molecule has 1 aliphatic carbocycles. The molecule has 1 saturated heterocycles. The van der Waals surface area contributed by atoms with Crippen LogP contribution in [-0.4, -0.2) is 41.3 Å². The summed E-state index contributed by atoms with van der Waals surface area (Å²) in [5.74, 6) is -0.401. The van der Waals surface area contributed by atoms with Gasteiger partial charge in [-0.25, -0.2) is 0 Å². The Morgan fingerprint density at radius 3 is 2.49 bits per heavy atom. The molecule has 0 bridgehead atoms. The quantitative estimate of drug-likeness (QED) is 0.410. The summed E-state index contributed by atoms with van der Waals surface area (Å²) in [5.41, 5.74) is 3.18. The molecular weight excluding hydrogens is 485 g/mol. The zero-order valence-electron chi connectivity index (χ0n) is 19.9. The molecule has 10 heteroatoms. The van der Waals surface area contributed by atoms with Crippen molar-refractivity contribution in [2.75, 3.05) is 20.1 Å². The molecule has 1 N–H and O–H groups in total. The van der Waals surface area contributed by atoms with E-state index in [2.05, 4.69) is 26.6 Å². The second-order valence-electron chi connectivity index (χ2n) is 9.43. The van der Waals surface area contributed by atoms with E-state index in [1.807, 2.05) is 12.1 Å².